The molecule has 1 aromatic rings. The third-order valence-corrected chi connectivity index (χ3v) is 4.36. The monoisotopic (exact) mass is 273 g/mol. The van der Waals surface area contributed by atoms with Crippen molar-refractivity contribution in [2.45, 2.75) is 64.8 Å². The predicted octanol–water partition coefficient (Wildman–Crippen LogP) is 4.39. The van der Waals surface area contributed by atoms with Crippen molar-refractivity contribution in [3.05, 3.63) is 35.4 Å². The van der Waals surface area contributed by atoms with Crippen LogP contribution in [0.15, 0.2) is 24.3 Å². The standard InChI is InChI=1S/C18H27NO/c1-5-16-8-6-7-13-19(16)17(20)14-9-11-15(12-10-14)18(2,3)4/h9-12,16H,5-8,13H2,1-4H3/t16-/m0/s1. The molecule has 1 fully saturated rings. The Labute approximate surface area is 123 Å². The van der Waals surface area contributed by atoms with Crippen LogP contribution in [0, 0.1) is 0 Å². The molecule has 0 unspecified atom stereocenters. The minimum Gasteiger partial charge on any atom is -0.336 e. The first-order chi connectivity index (χ1) is 9.43. The Kier molecular flexibility index (Phi) is 4.52. The number of nitrogens with zero attached hydrogens (tertiary/aromatic N) is 1. The van der Waals surface area contributed by atoms with Gasteiger partial charge in [-0.3, -0.25) is 4.79 Å². The average Bonchev–Trinajstić information content (AvgIpc) is 2.45. The molecule has 1 atom stereocenters. The summed E-state index contributed by atoms with van der Waals surface area (Å²) in [5.41, 5.74) is 2.25. The molecule has 1 amide bonds. The van der Waals surface area contributed by atoms with Gasteiger partial charge in [0.05, 0.1) is 0 Å². The Balaban J connectivity index is 2.16. The van der Waals surface area contributed by atoms with E-state index in [2.05, 4.69) is 44.7 Å². The van der Waals surface area contributed by atoms with Crippen LogP contribution in [0.4, 0.5) is 0 Å². The maximum absolute atomic E-state index is 12.7. The van der Waals surface area contributed by atoms with Crippen molar-refractivity contribution >= 4 is 5.91 Å². The number of hydrogen-bond acceptors (Lipinski definition) is 1. The molecule has 0 saturated carbocycles. The summed E-state index contributed by atoms with van der Waals surface area (Å²) in [5.74, 6) is 0.206. The first-order valence-electron chi connectivity index (χ1n) is 7.85. The minimum atomic E-state index is 0.138. The van der Waals surface area contributed by atoms with Gasteiger partial charge < -0.3 is 4.90 Å². The van der Waals surface area contributed by atoms with E-state index in [0.29, 0.717) is 6.04 Å². The van der Waals surface area contributed by atoms with Crippen LogP contribution in [0.3, 0.4) is 0 Å². The van der Waals surface area contributed by atoms with Crippen molar-refractivity contribution in [3.8, 4) is 0 Å². The Hall–Kier alpha value is -1.31. The Morgan fingerprint density at radius 2 is 1.85 bits per heavy atom. The fourth-order valence-electron chi connectivity index (χ4n) is 2.97. The summed E-state index contributed by atoms with van der Waals surface area (Å²) in [6.45, 7) is 9.68. The number of benzene rings is 1. The zero-order valence-corrected chi connectivity index (χ0v) is 13.3. The second kappa shape index (κ2) is 5.99. The van der Waals surface area contributed by atoms with Crippen LogP contribution in [0.1, 0.15) is 69.3 Å². The third-order valence-electron chi connectivity index (χ3n) is 4.36. The topological polar surface area (TPSA) is 20.3 Å². The van der Waals surface area contributed by atoms with E-state index in [0.717, 1.165) is 31.4 Å². The van der Waals surface area contributed by atoms with Crippen molar-refractivity contribution < 1.29 is 4.79 Å². The van der Waals surface area contributed by atoms with Crippen LogP contribution in [0.5, 0.6) is 0 Å². The maximum Gasteiger partial charge on any atom is 0.254 e. The Morgan fingerprint density at radius 3 is 2.40 bits per heavy atom. The Morgan fingerprint density at radius 1 is 1.20 bits per heavy atom. The summed E-state index contributed by atoms with van der Waals surface area (Å²) in [6, 6.07) is 8.60. The van der Waals surface area contributed by atoms with E-state index in [1.807, 2.05) is 12.1 Å². The molecule has 1 heterocycles. The minimum absolute atomic E-state index is 0.138. The summed E-state index contributed by atoms with van der Waals surface area (Å²) in [7, 11) is 0. The van der Waals surface area contributed by atoms with Gasteiger partial charge in [-0.05, 0) is 48.8 Å². The molecule has 2 nitrogen and oxygen atoms in total. The largest absolute Gasteiger partial charge is 0.336 e. The second-order valence-electron chi connectivity index (χ2n) is 6.88. The Bertz CT molecular complexity index is 455. The van der Waals surface area contributed by atoms with Gasteiger partial charge in [0.1, 0.15) is 0 Å². The fourth-order valence-corrected chi connectivity index (χ4v) is 2.97. The van der Waals surface area contributed by atoms with E-state index in [-0.39, 0.29) is 11.3 Å². The number of amides is 1. The van der Waals surface area contributed by atoms with Crippen LogP contribution in [0.25, 0.3) is 0 Å². The van der Waals surface area contributed by atoms with Crippen molar-refractivity contribution in [2.75, 3.05) is 6.54 Å². The van der Waals surface area contributed by atoms with Crippen LogP contribution >= 0.6 is 0 Å². The van der Waals surface area contributed by atoms with E-state index >= 15 is 0 Å². The predicted molar refractivity (Wildman–Crippen MR) is 84.1 cm³/mol. The van der Waals surface area contributed by atoms with Crippen molar-refractivity contribution in [2.24, 2.45) is 0 Å². The van der Waals surface area contributed by atoms with Crippen molar-refractivity contribution in [1.82, 2.24) is 4.90 Å². The molecule has 0 spiro atoms. The highest BCUT2D eigenvalue weighted by atomic mass is 16.2. The number of rotatable bonds is 2. The molecule has 0 radical (unpaired) electrons. The zero-order valence-electron chi connectivity index (χ0n) is 13.3. The van der Waals surface area contributed by atoms with Gasteiger partial charge in [-0.25, -0.2) is 0 Å². The lowest BCUT2D eigenvalue weighted by Crippen LogP contribution is -2.43. The highest BCUT2D eigenvalue weighted by Crippen LogP contribution is 2.25. The molecular formula is C18H27NO. The van der Waals surface area contributed by atoms with Gasteiger partial charge in [-0.1, -0.05) is 39.8 Å². The van der Waals surface area contributed by atoms with Gasteiger partial charge in [0.2, 0.25) is 0 Å². The van der Waals surface area contributed by atoms with Crippen LogP contribution in [0.2, 0.25) is 0 Å². The van der Waals surface area contributed by atoms with Gasteiger partial charge in [-0.15, -0.1) is 0 Å². The molecule has 1 aliphatic rings. The van der Waals surface area contributed by atoms with Gasteiger partial charge in [0.15, 0.2) is 0 Å². The summed E-state index contributed by atoms with van der Waals surface area (Å²) < 4.78 is 0. The van der Waals surface area contributed by atoms with Crippen LogP contribution in [-0.2, 0) is 5.41 Å². The first kappa shape index (κ1) is 15.1. The van der Waals surface area contributed by atoms with Gasteiger partial charge in [0.25, 0.3) is 5.91 Å². The molecule has 1 aromatic carbocycles. The average molecular weight is 273 g/mol. The summed E-state index contributed by atoms with van der Waals surface area (Å²) in [4.78, 5) is 14.7. The quantitative estimate of drug-likeness (QED) is 0.782. The van der Waals surface area contributed by atoms with Crippen molar-refractivity contribution in [1.29, 1.82) is 0 Å². The summed E-state index contributed by atoms with van der Waals surface area (Å²) in [6.07, 6.45) is 4.61. The van der Waals surface area contributed by atoms with Gasteiger partial charge in [-0.2, -0.15) is 0 Å². The maximum atomic E-state index is 12.7. The molecular weight excluding hydrogens is 246 g/mol. The van der Waals surface area contributed by atoms with Crippen LogP contribution < -0.4 is 0 Å². The highest BCUT2D eigenvalue weighted by molar-refractivity contribution is 5.94. The first-order valence-corrected chi connectivity index (χ1v) is 7.85. The van der Waals surface area contributed by atoms with Gasteiger partial charge in [0, 0.05) is 18.2 Å². The van der Waals surface area contributed by atoms with Crippen molar-refractivity contribution in [3.63, 3.8) is 0 Å². The molecule has 0 aromatic heterocycles. The number of piperidine rings is 1. The lowest BCUT2D eigenvalue weighted by molar-refractivity contribution is 0.0608. The van der Waals surface area contributed by atoms with E-state index < -0.39 is 0 Å². The number of carbonyl (C=O) groups excluding carboxylic acids is 1. The molecule has 2 rings (SSSR count). The van der Waals surface area contributed by atoms with E-state index in [9.17, 15) is 4.79 Å². The summed E-state index contributed by atoms with van der Waals surface area (Å²) in [5, 5.41) is 0. The number of carbonyl (C=O) groups is 1. The van der Waals surface area contributed by atoms with E-state index in [4.69, 9.17) is 0 Å². The molecule has 0 bridgehead atoms. The normalized spacial score (nSPS) is 20.0. The molecule has 110 valence electrons. The third kappa shape index (κ3) is 3.23. The van der Waals surface area contributed by atoms with Crippen LogP contribution in [-0.4, -0.2) is 23.4 Å². The fraction of sp³-hybridized carbons (Fsp3) is 0.611. The molecule has 1 saturated heterocycles. The van der Waals surface area contributed by atoms with E-state index in [1.54, 1.807) is 0 Å². The molecule has 20 heavy (non-hydrogen) atoms. The number of likely N-dealkylation sites (tertiary alicyclic amines) is 1. The SMILES string of the molecule is CC[C@H]1CCCCN1C(=O)c1ccc(C(C)(C)C)cc1. The molecule has 1 aliphatic heterocycles. The lowest BCUT2D eigenvalue weighted by atomic mass is 9.86. The summed E-state index contributed by atoms with van der Waals surface area (Å²) >= 11 is 0. The second-order valence-corrected chi connectivity index (χ2v) is 6.88. The molecule has 0 N–H and O–H groups in total. The van der Waals surface area contributed by atoms with E-state index in [1.165, 1.54) is 12.0 Å². The smallest absolute Gasteiger partial charge is 0.254 e. The van der Waals surface area contributed by atoms with Gasteiger partial charge >= 0.3 is 0 Å². The lowest BCUT2D eigenvalue weighted by Gasteiger charge is -2.35. The molecule has 0 aliphatic carbocycles. The highest BCUT2D eigenvalue weighted by Gasteiger charge is 2.26. The molecule has 2 heteroatoms. The zero-order chi connectivity index (χ0) is 14.8. The number of hydrogen-bond donors (Lipinski definition) is 0.